The molecular weight excluding hydrogens is 316 g/mol. The van der Waals surface area contributed by atoms with Crippen LogP contribution in [0.15, 0.2) is 10.5 Å². The highest BCUT2D eigenvalue weighted by atomic mass is 79.9. The summed E-state index contributed by atoms with van der Waals surface area (Å²) >= 11 is 3.41. The summed E-state index contributed by atoms with van der Waals surface area (Å²) in [5.41, 5.74) is 1.33. The van der Waals surface area contributed by atoms with Gasteiger partial charge in [-0.15, -0.1) is 0 Å². The van der Waals surface area contributed by atoms with E-state index in [9.17, 15) is 9.90 Å². The third-order valence-electron chi connectivity index (χ3n) is 2.93. The quantitative estimate of drug-likeness (QED) is 0.855. The molecule has 1 N–H and O–H groups in total. The van der Waals surface area contributed by atoms with Crippen molar-refractivity contribution in [2.75, 3.05) is 20.3 Å². The summed E-state index contributed by atoms with van der Waals surface area (Å²) in [6.45, 7) is 2.47. The van der Waals surface area contributed by atoms with E-state index >= 15 is 0 Å². The van der Waals surface area contributed by atoms with Gasteiger partial charge in [-0.05, 0) is 28.9 Å². The number of aliphatic hydroxyl groups is 1. The van der Waals surface area contributed by atoms with Gasteiger partial charge in [-0.2, -0.15) is 0 Å². The van der Waals surface area contributed by atoms with Crippen molar-refractivity contribution in [3.05, 3.63) is 21.7 Å². The number of halogens is 1. The van der Waals surface area contributed by atoms with Gasteiger partial charge >= 0.3 is 5.97 Å². The van der Waals surface area contributed by atoms with Crippen LogP contribution < -0.4 is 9.47 Å². The summed E-state index contributed by atoms with van der Waals surface area (Å²) in [6, 6.07) is 1.59. The molecule has 0 aliphatic carbocycles. The largest absolute Gasteiger partial charge is 0.493 e. The van der Waals surface area contributed by atoms with Crippen LogP contribution in [0.4, 0.5) is 0 Å². The minimum Gasteiger partial charge on any atom is -0.493 e. The molecule has 0 spiro atoms. The Labute approximate surface area is 119 Å². The second-order valence-corrected chi connectivity index (χ2v) is 4.84. The van der Waals surface area contributed by atoms with E-state index in [0.717, 1.165) is 5.56 Å². The number of aliphatic hydroxyl groups excluding tert-OH is 1. The molecule has 1 atom stereocenters. The lowest BCUT2D eigenvalue weighted by Gasteiger charge is -2.16. The summed E-state index contributed by atoms with van der Waals surface area (Å²) in [6.07, 6.45) is -0.635. The summed E-state index contributed by atoms with van der Waals surface area (Å²) in [4.78, 5) is 11.6. The van der Waals surface area contributed by atoms with Crippen LogP contribution >= 0.6 is 15.9 Å². The summed E-state index contributed by atoms with van der Waals surface area (Å²) in [7, 11) is 1.52. The maximum Gasteiger partial charge on any atom is 0.339 e. The second-order valence-electron chi connectivity index (χ2n) is 4.04. The summed E-state index contributed by atoms with van der Waals surface area (Å²) in [5.74, 6) is 0.493. The molecule has 0 aromatic heterocycles. The molecule has 1 aliphatic rings. The maximum atomic E-state index is 11.6. The van der Waals surface area contributed by atoms with Gasteiger partial charge in [-0.25, -0.2) is 4.79 Å². The van der Waals surface area contributed by atoms with Crippen LogP contribution in [-0.4, -0.2) is 31.4 Å². The van der Waals surface area contributed by atoms with Crippen molar-refractivity contribution in [3.8, 4) is 11.5 Å². The molecule has 1 aromatic rings. The lowest BCUT2D eigenvalue weighted by Crippen LogP contribution is -2.16. The zero-order valence-corrected chi connectivity index (χ0v) is 12.3. The maximum absolute atomic E-state index is 11.6. The van der Waals surface area contributed by atoms with Crippen molar-refractivity contribution in [1.82, 2.24) is 0 Å². The van der Waals surface area contributed by atoms with E-state index in [0.29, 0.717) is 34.6 Å². The molecule has 1 heterocycles. The van der Waals surface area contributed by atoms with Gasteiger partial charge in [0.15, 0.2) is 17.6 Å². The molecule has 1 unspecified atom stereocenters. The number of ether oxygens (including phenoxy) is 3. The van der Waals surface area contributed by atoms with Gasteiger partial charge in [-0.3, -0.25) is 0 Å². The zero-order chi connectivity index (χ0) is 14.0. The molecule has 104 valence electrons. The number of methoxy groups -OCH3 is 1. The molecule has 5 nitrogen and oxygen atoms in total. The Balaban J connectivity index is 2.44. The number of hydrogen-bond donors (Lipinski definition) is 1. The average molecular weight is 331 g/mol. The van der Waals surface area contributed by atoms with Crippen molar-refractivity contribution in [2.45, 2.75) is 19.4 Å². The highest BCUT2D eigenvalue weighted by Crippen LogP contribution is 2.44. The number of hydrogen-bond acceptors (Lipinski definition) is 5. The van der Waals surface area contributed by atoms with Crippen LogP contribution in [0.5, 0.6) is 11.5 Å². The molecular formula is C13H15BrO5. The molecule has 0 radical (unpaired) electrons. The number of benzene rings is 1. The molecule has 1 aliphatic heterocycles. The summed E-state index contributed by atoms with van der Waals surface area (Å²) < 4.78 is 16.2. The van der Waals surface area contributed by atoms with Crippen molar-refractivity contribution in [3.63, 3.8) is 0 Å². The van der Waals surface area contributed by atoms with Gasteiger partial charge in [0.1, 0.15) is 0 Å². The predicted octanol–water partition coefficient (Wildman–Crippen LogP) is 1.99. The monoisotopic (exact) mass is 330 g/mol. The fourth-order valence-electron chi connectivity index (χ4n) is 2.03. The number of rotatable bonds is 4. The van der Waals surface area contributed by atoms with Crippen LogP contribution in [0.2, 0.25) is 0 Å². The Morgan fingerprint density at radius 1 is 1.63 bits per heavy atom. The van der Waals surface area contributed by atoms with Crippen molar-refractivity contribution in [2.24, 2.45) is 0 Å². The van der Waals surface area contributed by atoms with E-state index in [2.05, 4.69) is 15.9 Å². The SMILES string of the molecule is CCOC(=O)C(O)c1cc(OC)c2c(c1Br)CCO2. The third kappa shape index (κ3) is 2.55. The van der Waals surface area contributed by atoms with Gasteiger partial charge in [-0.1, -0.05) is 0 Å². The number of fused-ring (bicyclic) bond motifs is 1. The van der Waals surface area contributed by atoms with E-state index in [1.54, 1.807) is 13.0 Å². The Morgan fingerprint density at radius 3 is 3.00 bits per heavy atom. The lowest BCUT2D eigenvalue weighted by atomic mass is 10.0. The highest BCUT2D eigenvalue weighted by molar-refractivity contribution is 9.10. The first-order valence-electron chi connectivity index (χ1n) is 5.96. The molecule has 6 heteroatoms. The number of carbonyl (C=O) groups excluding carboxylic acids is 1. The first-order chi connectivity index (χ1) is 9.10. The molecule has 1 aromatic carbocycles. The minimum atomic E-state index is -1.34. The number of esters is 1. The molecule has 0 fully saturated rings. The Morgan fingerprint density at radius 2 is 2.37 bits per heavy atom. The molecule has 0 bridgehead atoms. The van der Waals surface area contributed by atoms with Crippen molar-refractivity contribution in [1.29, 1.82) is 0 Å². The van der Waals surface area contributed by atoms with Gasteiger partial charge in [0, 0.05) is 22.0 Å². The molecule has 0 amide bonds. The van der Waals surface area contributed by atoms with E-state index in [4.69, 9.17) is 14.2 Å². The first-order valence-corrected chi connectivity index (χ1v) is 6.76. The Bertz CT molecular complexity index is 500. The molecule has 19 heavy (non-hydrogen) atoms. The van der Waals surface area contributed by atoms with Crippen LogP contribution in [0, 0.1) is 0 Å². The fraction of sp³-hybridized carbons (Fsp3) is 0.462. The van der Waals surface area contributed by atoms with Gasteiger partial charge in [0.2, 0.25) is 0 Å². The van der Waals surface area contributed by atoms with Gasteiger partial charge < -0.3 is 19.3 Å². The van der Waals surface area contributed by atoms with Crippen molar-refractivity contribution >= 4 is 21.9 Å². The van der Waals surface area contributed by atoms with Crippen LogP contribution in [-0.2, 0) is 16.0 Å². The lowest BCUT2D eigenvalue weighted by molar-refractivity contribution is -0.153. The normalized spacial score (nSPS) is 14.5. The Hall–Kier alpha value is -1.27. The second kappa shape index (κ2) is 5.79. The van der Waals surface area contributed by atoms with E-state index in [1.165, 1.54) is 7.11 Å². The zero-order valence-electron chi connectivity index (χ0n) is 10.7. The van der Waals surface area contributed by atoms with Crippen molar-refractivity contribution < 1.29 is 24.1 Å². The highest BCUT2D eigenvalue weighted by Gasteiger charge is 2.29. The standard InChI is InChI=1S/C13H15BrO5/c1-3-18-13(16)11(15)8-6-9(17-2)12-7(10(8)14)4-5-19-12/h6,11,15H,3-5H2,1-2H3. The van der Waals surface area contributed by atoms with E-state index < -0.39 is 12.1 Å². The number of carbonyl (C=O) groups is 1. The average Bonchev–Trinajstić information content (AvgIpc) is 2.89. The Kier molecular flexibility index (Phi) is 4.31. The van der Waals surface area contributed by atoms with Crippen LogP contribution in [0.3, 0.4) is 0 Å². The minimum absolute atomic E-state index is 0.221. The summed E-state index contributed by atoms with van der Waals surface area (Å²) in [5, 5.41) is 10.1. The third-order valence-corrected chi connectivity index (χ3v) is 3.86. The molecule has 0 saturated heterocycles. The van der Waals surface area contributed by atoms with E-state index in [1.807, 2.05) is 0 Å². The van der Waals surface area contributed by atoms with Crippen LogP contribution in [0.25, 0.3) is 0 Å². The smallest absolute Gasteiger partial charge is 0.339 e. The van der Waals surface area contributed by atoms with Gasteiger partial charge in [0.05, 0.1) is 20.3 Å². The fourth-order valence-corrected chi connectivity index (χ4v) is 2.74. The molecule has 2 rings (SSSR count). The predicted molar refractivity (Wildman–Crippen MR) is 71.5 cm³/mol. The van der Waals surface area contributed by atoms with E-state index in [-0.39, 0.29) is 6.61 Å². The topological polar surface area (TPSA) is 65.0 Å². The first kappa shape index (κ1) is 14.1. The molecule has 0 saturated carbocycles. The van der Waals surface area contributed by atoms with Gasteiger partial charge in [0.25, 0.3) is 0 Å². The van der Waals surface area contributed by atoms with Crippen LogP contribution in [0.1, 0.15) is 24.2 Å².